The lowest BCUT2D eigenvalue weighted by atomic mass is 10.1. The third kappa shape index (κ3) is 57.1. The number of aliphatic hydroxyl groups excluding tert-OH is 6. The number of rotatable bonds is 69. The summed E-state index contributed by atoms with van der Waals surface area (Å²) in [5.41, 5.74) is 0. The number of aliphatic hydroxyl groups is 6. The fourth-order valence-electron chi connectivity index (χ4n) is 12.3. The Bertz CT molecular complexity index is 1120. The topological polar surface area (TPSA) is 138 Å². The molecule has 0 amide bonds. The zero-order valence-corrected chi connectivity index (χ0v) is 55.4. The monoisotopic (exact) mass is 1150 g/mol. The molecule has 0 saturated heterocycles. The first-order chi connectivity index (χ1) is 39.6. The smallest absolute Gasteiger partial charge is 0.0793 e. The van der Waals surface area contributed by atoms with Crippen LogP contribution in [-0.4, -0.2) is 191 Å². The molecule has 0 aliphatic carbocycles. The number of unbranched alkanes of at least 4 members (excludes halogenated alkanes) is 39. The van der Waals surface area contributed by atoms with Gasteiger partial charge >= 0.3 is 0 Å². The molecule has 11 heteroatoms. The molecule has 0 spiro atoms. The Morgan fingerprint density at radius 3 is 0.481 bits per heavy atom. The Balaban J connectivity index is 6.03. The molecular weight excluding hydrogens is 1010 g/mol. The summed E-state index contributed by atoms with van der Waals surface area (Å²) in [6.07, 6.45) is 53.0. The Morgan fingerprint density at radius 2 is 0.321 bits per heavy atom. The molecule has 81 heavy (non-hydrogen) atoms. The number of hydrogen-bond acceptors (Lipinski definition) is 11. The van der Waals surface area contributed by atoms with Gasteiger partial charge in [0, 0.05) is 65.4 Å². The van der Waals surface area contributed by atoms with Crippen LogP contribution in [0.5, 0.6) is 0 Å². The molecule has 0 aromatic carbocycles. The van der Waals surface area contributed by atoms with Gasteiger partial charge in [-0.2, -0.15) is 0 Å². The molecule has 0 aromatic rings. The van der Waals surface area contributed by atoms with Crippen LogP contribution < -0.4 is 0 Å². The van der Waals surface area contributed by atoms with Crippen molar-refractivity contribution in [1.29, 1.82) is 0 Å². The third-order valence-corrected chi connectivity index (χ3v) is 17.2. The van der Waals surface area contributed by atoms with E-state index in [1.54, 1.807) is 0 Å². The Hall–Kier alpha value is -0.440. The average molecular weight is 1150 g/mol. The highest BCUT2D eigenvalue weighted by molar-refractivity contribution is 4.79. The lowest BCUT2D eigenvalue weighted by Gasteiger charge is -2.34. The SMILES string of the molecule is CCCCCCCCCCCCN(CCO)CC(O)CN(CCCCCCCCCC)CC(O)CN(CCCCCCCCCC)CC(O)CN(CCCCCCCCCC)CC(O)CN(CCO)CCCCCCCCCCCC. The second-order valence-corrected chi connectivity index (χ2v) is 25.7. The molecule has 0 heterocycles. The second-order valence-electron chi connectivity index (χ2n) is 25.7. The van der Waals surface area contributed by atoms with Crippen LogP contribution >= 0.6 is 0 Å². The molecule has 0 aromatic heterocycles. The van der Waals surface area contributed by atoms with Crippen molar-refractivity contribution in [3.8, 4) is 0 Å². The summed E-state index contributed by atoms with van der Waals surface area (Å²) >= 11 is 0. The van der Waals surface area contributed by atoms with E-state index in [0.29, 0.717) is 65.4 Å². The molecule has 0 radical (unpaired) electrons. The Kier molecular flexibility index (Phi) is 63.7. The van der Waals surface area contributed by atoms with Gasteiger partial charge in [-0.15, -0.1) is 0 Å². The van der Waals surface area contributed by atoms with E-state index in [4.69, 9.17) is 0 Å². The van der Waals surface area contributed by atoms with E-state index in [9.17, 15) is 30.6 Å². The van der Waals surface area contributed by atoms with Crippen LogP contribution in [0, 0.1) is 0 Å². The molecule has 0 rings (SSSR count). The first-order valence-corrected chi connectivity index (χ1v) is 36.2. The summed E-state index contributed by atoms with van der Waals surface area (Å²) < 4.78 is 0. The zero-order valence-electron chi connectivity index (χ0n) is 55.4. The minimum absolute atomic E-state index is 0.0892. The molecule has 488 valence electrons. The van der Waals surface area contributed by atoms with Crippen molar-refractivity contribution in [2.24, 2.45) is 0 Å². The molecule has 11 nitrogen and oxygen atoms in total. The average Bonchev–Trinajstić information content (AvgIpc) is 3.43. The summed E-state index contributed by atoms with van der Waals surface area (Å²) in [7, 11) is 0. The highest BCUT2D eigenvalue weighted by Gasteiger charge is 2.24. The second kappa shape index (κ2) is 64.0. The van der Waals surface area contributed by atoms with E-state index in [0.717, 1.165) is 84.1 Å². The molecule has 6 N–H and O–H groups in total. The van der Waals surface area contributed by atoms with Crippen molar-refractivity contribution in [2.75, 3.05) is 111 Å². The van der Waals surface area contributed by atoms with Gasteiger partial charge in [-0.05, 0) is 64.8 Å². The minimum atomic E-state index is -0.629. The predicted octanol–water partition coefficient (Wildman–Crippen LogP) is 15.2. The van der Waals surface area contributed by atoms with Gasteiger partial charge in [0.25, 0.3) is 0 Å². The van der Waals surface area contributed by atoms with E-state index in [1.165, 1.54) is 231 Å². The van der Waals surface area contributed by atoms with E-state index >= 15 is 0 Å². The largest absolute Gasteiger partial charge is 0.395 e. The summed E-state index contributed by atoms with van der Waals surface area (Å²) in [5, 5.41) is 67.5. The quantitative estimate of drug-likeness (QED) is 0.0325. The maximum atomic E-state index is 12.0. The van der Waals surface area contributed by atoms with Crippen LogP contribution in [0.3, 0.4) is 0 Å². The normalized spacial score (nSPS) is 13.8. The summed E-state index contributed by atoms with van der Waals surface area (Å²) in [5.74, 6) is 0. The maximum absolute atomic E-state index is 12.0. The Morgan fingerprint density at radius 1 is 0.185 bits per heavy atom. The van der Waals surface area contributed by atoms with E-state index in [1.807, 2.05) is 0 Å². The van der Waals surface area contributed by atoms with Crippen LogP contribution in [0.1, 0.15) is 317 Å². The van der Waals surface area contributed by atoms with Crippen LogP contribution in [0.2, 0.25) is 0 Å². The van der Waals surface area contributed by atoms with E-state index in [2.05, 4.69) is 59.1 Å². The maximum Gasteiger partial charge on any atom is 0.0793 e. The molecule has 0 saturated carbocycles. The molecular formula is C70H147N5O6. The lowest BCUT2D eigenvalue weighted by molar-refractivity contribution is 0.0145. The van der Waals surface area contributed by atoms with Gasteiger partial charge in [0.2, 0.25) is 0 Å². The van der Waals surface area contributed by atoms with Crippen molar-refractivity contribution in [2.45, 2.75) is 342 Å². The summed E-state index contributed by atoms with van der Waals surface area (Å²) in [4.78, 5) is 11.4. The molecule has 0 aliphatic heterocycles. The van der Waals surface area contributed by atoms with Crippen molar-refractivity contribution in [3.05, 3.63) is 0 Å². The van der Waals surface area contributed by atoms with Gasteiger partial charge in [-0.1, -0.05) is 285 Å². The highest BCUT2D eigenvalue weighted by Crippen LogP contribution is 2.17. The standard InChI is InChI=1S/C70H147N5O6/c1-6-11-16-21-26-31-33-38-40-45-50-71(55-57-76)59-67(78)61-73(52-47-42-35-28-23-18-13-8-3)63-69(80)65-75(54-49-44-37-30-25-20-15-10-5)66-70(81)64-74(53-48-43-36-29-24-19-14-9-4)62-68(79)60-72(56-58-77)51-46-41-39-34-32-27-22-17-12-7-2/h67-70,76-81H,6-66H2,1-5H3. The minimum Gasteiger partial charge on any atom is -0.395 e. The van der Waals surface area contributed by atoms with Crippen LogP contribution in [-0.2, 0) is 0 Å². The first-order valence-electron chi connectivity index (χ1n) is 36.2. The van der Waals surface area contributed by atoms with Crippen molar-refractivity contribution < 1.29 is 30.6 Å². The van der Waals surface area contributed by atoms with E-state index in [-0.39, 0.29) is 13.2 Å². The highest BCUT2D eigenvalue weighted by atomic mass is 16.3. The first kappa shape index (κ1) is 80.6. The van der Waals surface area contributed by atoms with E-state index < -0.39 is 24.4 Å². The molecule has 0 aliphatic rings. The fourth-order valence-corrected chi connectivity index (χ4v) is 12.3. The van der Waals surface area contributed by atoms with Crippen molar-refractivity contribution >= 4 is 0 Å². The van der Waals surface area contributed by atoms with Crippen LogP contribution in [0.15, 0.2) is 0 Å². The van der Waals surface area contributed by atoms with Gasteiger partial charge in [-0.25, -0.2) is 0 Å². The predicted molar refractivity (Wildman–Crippen MR) is 352 cm³/mol. The van der Waals surface area contributed by atoms with Crippen molar-refractivity contribution in [1.82, 2.24) is 24.5 Å². The fraction of sp³-hybridized carbons (Fsp3) is 1.00. The Labute approximate surface area is 505 Å². The molecule has 0 bridgehead atoms. The van der Waals surface area contributed by atoms with Gasteiger partial charge < -0.3 is 30.6 Å². The zero-order chi connectivity index (χ0) is 59.3. The third-order valence-electron chi connectivity index (χ3n) is 17.2. The summed E-state index contributed by atoms with van der Waals surface area (Å²) in [6, 6.07) is 0. The molecule has 4 unspecified atom stereocenters. The van der Waals surface area contributed by atoms with Gasteiger partial charge in [0.15, 0.2) is 0 Å². The number of nitrogens with zero attached hydrogens (tertiary/aromatic N) is 5. The van der Waals surface area contributed by atoms with Crippen molar-refractivity contribution in [3.63, 3.8) is 0 Å². The lowest BCUT2D eigenvalue weighted by Crippen LogP contribution is -2.49. The van der Waals surface area contributed by atoms with Crippen LogP contribution in [0.25, 0.3) is 0 Å². The molecule has 4 atom stereocenters. The van der Waals surface area contributed by atoms with Gasteiger partial charge in [0.05, 0.1) is 37.6 Å². The van der Waals surface area contributed by atoms with Gasteiger partial charge in [-0.3, -0.25) is 24.5 Å². The van der Waals surface area contributed by atoms with Gasteiger partial charge in [0.1, 0.15) is 0 Å². The van der Waals surface area contributed by atoms with Crippen LogP contribution in [0.4, 0.5) is 0 Å². The summed E-state index contributed by atoms with van der Waals surface area (Å²) in [6.45, 7) is 20.9. The molecule has 0 fully saturated rings. The number of hydrogen-bond donors (Lipinski definition) is 6.